The third-order valence-corrected chi connectivity index (χ3v) is 2.86. The molecule has 1 aromatic rings. The van der Waals surface area contributed by atoms with Gasteiger partial charge in [-0.1, -0.05) is 12.1 Å². The van der Waals surface area contributed by atoms with E-state index < -0.39 is 30.4 Å². The maximum atomic E-state index is 11.9. The molecular formula is C14H12N2O6. The highest BCUT2D eigenvalue weighted by molar-refractivity contribution is 6.30. The van der Waals surface area contributed by atoms with Gasteiger partial charge in [0.1, 0.15) is 11.3 Å². The van der Waals surface area contributed by atoms with Crippen molar-refractivity contribution in [3.05, 3.63) is 35.4 Å². The fourth-order valence-corrected chi connectivity index (χ4v) is 1.72. The Hall–Kier alpha value is -3.16. The van der Waals surface area contributed by atoms with Crippen molar-refractivity contribution in [3.8, 4) is 5.75 Å². The number of nitrogens with zero attached hydrogens (tertiary/aromatic N) is 1. The van der Waals surface area contributed by atoms with Crippen molar-refractivity contribution in [3.63, 3.8) is 0 Å². The highest BCUT2D eigenvalue weighted by Crippen LogP contribution is 2.17. The van der Waals surface area contributed by atoms with Gasteiger partial charge in [-0.3, -0.25) is 19.8 Å². The van der Waals surface area contributed by atoms with E-state index in [0.29, 0.717) is 11.3 Å². The van der Waals surface area contributed by atoms with Gasteiger partial charge in [0.05, 0.1) is 0 Å². The molecule has 1 heterocycles. The number of carboxylic acid groups (broad SMARTS) is 1. The average Bonchev–Trinajstić information content (AvgIpc) is 2.48. The maximum absolute atomic E-state index is 11.9. The molecule has 4 amide bonds. The molecule has 1 aliphatic heterocycles. The van der Waals surface area contributed by atoms with E-state index in [0.717, 1.165) is 4.90 Å². The van der Waals surface area contributed by atoms with Gasteiger partial charge in [0, 0.05) is 7.05 Å². The molecule has 0 unspecified atom stereocenters. The number of hydrogen-bond acceptors (Lipinski definition) is 5. The fourth-order valence-electron chi connectivity index (χ4n) is 1.72. The second-order valence-corrected chi connectivity index (χ2v) is 4.43. The van der Waals surface area contributed by atoms with Crippen molar-refractivity contribution < 1.29 is 29.0 Å². The van der Waals surface area contributed by atoms with Gasteiger partial charge in [0.15, 0.2) is 6.61 Å². The molecule has 114 valence electrons. The number of nitrogens with one attached hydrogen (secondary N) is 1. The van der Waals surface area contributed by atoms with Crippen molar-refractivity contribution in [2.75, 3.05) is 13.7 Å². The van der Waals surface area contributed by atoms with Crippen LogP contribution in [0.1, 0.15) is 5.56 Å². The normalized spacial score (nSPS) is 16.7. The molecule has 1 aromatic carbocycles. The molecule has 0 aromatic heterocycles. The maximum Gasteiger partial charge on any atom is 0.341 e. The number of barbiturate groups is 1. The van der Waals surface area contributed by atoms with Crippen molar-refractivity contribution in [1.82, 2.24) is 10.2 Å². The molecule has 1 saturated heterocycles. The number of carbonyl (C=O) groups is 4. The van der Waals surface area contributed by atoms with Gasteiger partial charge >= 0.3 is 12.0 Å². The summed E-state index contributed by atoms with van der Waals surface area (Å²) < 4.78 is 4.97. The average molecular weight is 304 g/mol. The Morgan fingerprint density at radius 1 is 1.27 bits per heavy atom. The van der Waals surface area contributed by atoms with Crippen LogP contribution in [0.3, 0.4) is 0 Å². The molecule has 1 fully saturated rings. The number of hydrogen-bond donors (Lipinski definition) is 2. The second-order valence-electron chi connectivity index (χ2n) is 4.43. The summed E-state index contributed by atoms with van der Waals surface area (Å²) in [5.74, 6) is -2.21. The van der Waals surface area contributed by atoms with Crippen molar-refractivity contribution in [2.45, 2.75) is 0 Å². The summed E-state index contributed by atoms with van der Waals surface area (Å²) in [4.78, 5) is 46.0. The number of aliphatic carboxylic acids is 1. The number of urea groups is 1. The second kappa shape index (κ2) is 6.08. The zero-order chi connectivity index (χ0) is 16.3. The van der Waals surface area contributed by atoms with Crippen LogP contribution >= 0.6 is 0 Å². The molecule has 8 heteroatoms. The summed E-state index contributed by atoms with van der Waals surface area (Å²) in [7, 11) is 1.26. The Balaban J connectivity index is 2.18. The quantitative estimate of drug-likeness (QED) is 0.608. The van der Waals surface area contributed by atoms with Gasteiger partial charge in [-0.2, -0.15) is 0 Å². The molecule has 0 atom stereocenters. The van der Waals surface area contributed by atoms with Crippen LogP contribution in [0.2, 0.25) is 0 Å². The Labute approximate surface area is 125 Å². The number of benzene rings is 1. The molecule has 0 bridgehead atoms. The van der Waals surface area contributed by atoms with Gasteiger partial charge in [0.2, 0.25) is 0 Å². The Bertz CT molecular complexity index is 677. The van der Waals surface area contributed by atoms with Crippen molar-refractivity contribution >= 4 is 29.9 Å². The summed E-state index contributed by atoms with van der Waals surface area (Å²) >= 11 is 0. The monoisotopic (exact) mass is 304 g/mol. The first-order valence-electron chi connectivity index (χ1n) is 6.18. The molecule has 0 saturated carbocycles. The van der Waals surface area contributed by atoms with E-state index in [2.05, 4.69) is 0 Å². The van der Waals surface area contributed by atoms with E-state index in [-0.39, 0.29) is 5.57 Å². The minimum Gasteiger partial charge on any atom is -0.482 e. The van der Waals surface area contributed by atoms with E-state index in [4.69, 9.17) is 9.84 Å². The number of carbonyl (C=O) groups excluding carboxylic acids is 3. The lowest BCUT2D eigenvalue weighted by Crippen LogP contribution is -2.52. The Morgan fingerprint density at radius 3 is 2.50 bits per heavy atom. The number of amides is 4. The SMILES string of the molecule is CN1C(=O)NC(=O)C(=Cc2ccc(OCC(=O)O)cc2)C1=O. The van der Waals surface area contributed by atoms with Gasteiger partial charge in [-0.15, -0.1) is 0 Å². The van der Waals surface area contributed by atoms with Crippen LogP contribution in [0.4, 0.5) is 4.79 Å². The van der Waals surface area contributed by atoms with Gasteiger partial charge in [-0.05, 0) is 23.8 Å². The molecule has 2 rings (SSSR count). The first kappa shape index (κ1) is 15.2. The summed E-state index contributed by atoms with van der Waals surface area (Å²) in [6.45, 7) is -0.464. The van der Waals surface area contributed by atoms with E-state index >= 15 is 0 Å². The molecule has 0 aliphatic carbocycles. The van der Waals surface area contributed by atoms with E-state index in [1.54, 1.807) is 12.1 Å². The number of ether oxygens (including phenoxy) is 1. The number of likely N-dealkylation sites (N-methyl/N-ethyl adjacent to an activating group) is 1. The first-order chi connectivity index (χ1) is 10.4. The Kier molecular flexibility index (Phi) is 4.21. The van der Waals surface area contributed by atoms with Crippen LogP contribution in [-0.2, 0) is 14.4 Å². The molecule has 0 radical (unpaired) electrons. The highest BCUT2D eigenvalue weighted by atomic mass is 16.5. The van der Waals surface area contributed by atoms with Gasteiger partial charge in [0.25, 0.3) is 11.8 Å². The van der Waals surface area contributed by atoms with E-state index in [9.17, 15) is 19.2 Å². The zero-order valence-electron chi connectivity index (χ0n) is 11.5. The lowest BCUT2D eigenvalue weighted by Gasteiger charge is -2.22. The summed E-state index contributed by atoms with van der Waals surface area (Å²) in [5, 5.41) is 10.5. The number of rotatable bonds is 4. The predicted molar refractivity (Wildman–Crippen MR) is 73.9 cm³/mol. The third-order valence-electron chi connectivity index (χ3n) is 2.86. The standard InChI is InChI=1S/C14H12N2O6/c1-16-13(20)10(12(19)15-14(16)21)6-8-2-4-9(5-3-8)22-7-11(17)18/h2-6H,7H2,1H3,(H,17,18)(H,15,19,21). The summed E-state index contributed by atoms with van der Waals surface area (Å²) in [6.07, 6.45) is 1.33. The van der Waals surface area contributed by atoms with E-state index in [1.165, 1.54) is 25.3 Å². The van der Waals surface area contributed by atoms with Gasteiger partial charge in [-0.25, -0.2) is 9.59 Å². The summed E-state index contributed by atoms with van der Waals surface area (Å²) in [5.41, 5.74) is 0.366. The Morgan fingerprint density at radius 2 is 1.91 bits per heavy atom. The molecule has 8 nitrogen and oxygen atoms in total. The van der Waals surface area contributed by atoms with Crippen molar-refractivity contribution in [1.29, 1.82) is 0 Å². The van der Waals surface area contributed by atoms with Crippen LogP contribution in [-0.4, -0.2) is 47.5 Å². The molecule has 2 N–H and O–H groups in total. The van der Waals surface area contributed by atoms with Crippen LogP contribution in [0.25, 0.3) is 6.08 Å². The fraction of sp³-hybridized carbons (Fsp3) is 0.143. The lowest BCUT2D eigenvalue weighted by molar-refractivity contribution is -0.139. The van der Waals surface area contributed by atoms with Crippen LogP contribution in [0.15, 0.2) is 29.8 Å². The largest absolute Gasteiger partial charge is 0.482 e. The van der Waals surface area contributed by atoms with Crippen LogP contribution < -0.4 is 10.1 Å². The van der Waals surface area contributed by atoms with Crippen LogP contribution in [0.5, 0.6) is 5.75 Å². The minimum absolute atomic E-state index is 0.165. The first-order valence-corrected chi connectivity index (χ1v) is 6.18. The van der Waals surface area contributed by atoms with Crippen molar-refractivity contribution in [2.24, 2.45) is 0 Å². The molecule has 1 aliphatic rings. The molecule has 0 spiro atoms. The topological polar surface area (TPSA) is 113 Å². The predicted octanol–water partition coefficient (Wildman–Crippen LogP) is 0.242. The highest BCUT2D eigenvalue weighted by Gasteiger charge is 2.32. The van der Waals surface area contributed by atoms with Gasteiger partial charge < -0.3 is 9.84 Å². The number of carboxylic acids is 1. The van der Waals surface area contributed by atoms with E-state index in [1.807, 2.05) is 5.32 Å². The summed E-state index contributed by atoms with van der Waals surface area (Å²) in [6, 6.07) is 5.36. The number of imide groups is 2. The molecule has 22 heavy (non-hydrogen) atoms. The minimum atomic E-state index is -1.09. The third kappa shape index (κ3) is 3.29. The molecular weight excluding hydrogens is 292 g/mol. The zero-order valence-corrected chi connectivity index (χ0v) is 11.5. The lowest BCUT2D eigenvalue weighted by atomic mass is 10.1. The van der Waals surface area contributed by atoms with Crippen LogP contribution in [0, 0.1) is 0 Å². The smallest absolute Gasteiger partial charge is 0.341 e.